The second kappa shape index (κ2) is 5.92. The minimum Gasteiger partial charge on any atom is -0.312 e. The van der Waals surface area contributed by atoms with E-state index in [2.05, 4.69) is 0 Å². The molecule has 0 amide bonds. The molecular formula is C4H11ClN2. The van der Waals surface area contributed by atoms with Gasteiger partial charge in [0, 0.05) is 12.8 Å². The molecule has 7 heavy (non-hydrogen) atoms. The van der Waals surface area contributed by atoms with Crippen LogP contribution in [0, 0.1) is 5.41 Å². The van der Waals surface area contributed by atoms with Crippen molar-refractivity contribution in [3.05, 3.63) is 0 Å². The van der Waals surface area contributed by atoms with Crippen LogP contribution in [0.3, 0.4) is 0 Å². The average Bonchev–Trinajstić information content (AvgIpc) is 1.35. The van der Waals surface area contributed by atoms with Gasteiger partial charge in [0.15, 0.2) is 0 Å². The van der Waals surface area contributed by atoms with Gasteiger partial charge in [0.05, 0.1) is 0 Å². The lowest BCUT2D eigenvalue weighted by atomic mass is 10.7. The molecule has 0 aromatic heterocycles. The lowest BCUT2D eigenvalue weighted by molar-refractivity contribution is 0.473. The zero-order valence-electron chi connectivity index (χ0n) is 4.64. The molecule has 0 saturated heterocycles. The summed E-state index contributed by atoms with van der Waals surface area (Å²) < 4.78 is 0. The fourth-order valence-electron chi connectivity index (χ4n) is 0.183. The van der Waals surface area contributed by atoms with Gasteiger partial charge in [0.2, 0.25) is 0 Å². The SMILES string of the molecule is CN(C)CC=N.Cl. The van der Waals surface area contributed by atoms with Crippen molar-refractivity contribution in [2.45, 2.75) is 0 Å². The first kappa shape index (κ1) is 10.0. The summed E-state index contributed by atoms with van der Waals surface area (Å²) in [5.41, 5.74) is 0. The van der Waals surface area contributed by atoms with Crippen LogP contribution in [0.1, 0.15) is 0 Å². The first-order chi connectivity index (χ1) is 2.77. The smallest absolute Gasteiger partial charge is 0.0324 e. The normalized spacial score (nSPS) is 7.86. The van der Waals surface area contributed by atoms with E-state index in [-0.39, 0.29) is 12.4 Å². The Kier molecular flexibility index (Phi) is 8.47. The molecule has 0 aromatic rings. The zero-order valence-corrected chi connectivity index (χ0v) is 5.46. The van der Waals surface area contributed by atoms with Gasteiger partial charge in [-0.25, -0.2) is 0 Å². The molecule has 0 radical (unpaired) electrons. The topological polar surface area (TPSA) is 27.1 Å². The molecule has 44 valence electrons. The van der Waals surface area contributed by atoms with E-state index in [0.717, 1.165) is 6.54 Å². The van der Waals surface area contributed by atoms with Crippen molar-refractivity contribution in [1.82, 2.24) is 4.90 Å². The van der Waals surface area contributed by atoms with Crippen LogP contribution in [-0.4, -0.2) is 31.8 Å². The first-order valence-corrected chi connectivity index (χ1v) is 1.91. The van der Waals surface area contributed by atoms with Gasteiger partial charge in [0.1, 0.15) is 0 Å². The first-order valence-electron chi connectivity index (χ1n) is 1.91. The zero-order chi connectivity index (χ0) is 4.99. The minimum atomic E-state index is 0. The molecule has 0 fully saturated rings. The van der Waals surface area contributed by atoms with Crippen LogP contribution < -0.4 is 0 Å². The molecule has 0 rings (SSSR count). The summed E-state index contributed by atoms with van der Waals surface area (Å²) in [6.07, 6.45) is 1.38. The highest BCUT2D eigenvalue weighted by atomic mass is 35.5. The fraction of sp³-hybridized carbons (Fsp3) is 0.750. The van der Waals surface area contributed by atoms with Gasteiger partial charge in [-0.3, -0.25) is 0 Å². The Labute approximate surface area is 50.4 Å². The summed E-state index contributed by atoms with van der Waals surface area (Å²) in [7, 11) is 3.87. The van der Waals surface area contributed by atoms with Gasteiger partial charge < -0.3 is 10.3 Å². The van der Waals surface area contributed by atoms with Gasteiger partial charge in [-0.05, 0) is 14.1 Å². The molecule has 0 spiro atoms. The van der Waals surface area contributed by atoms with E-state index in [9.17, 15) is 0 Å². The average molecular weight is 123 g/mol. The summed E-state index contributed by atoms with van der Waals surface area (Å²) in [6, 6.07) is 0. The Hall–Kier alpha value is -0.0800. The van der Waals surface area contributed by atoms with Crippen LogP contribution >= 0.6 is 12.4 Å². The summed E-state index contributed by atoms with van der Waals surface area (Å²) in [6.45, 7) is 0.750. The van der Waals surface area contributed by atoms with Gasteiger partial charge in [-0.2, -0.15) is 0 Å². The highest BCUT2D eigenvalue weighted by molar-refractivity contribution is 5.85. The van der Waals surface area contributed by atoms with Crippen molar-refractivity contribution in [2.75, 3.05) is 20.6 Å². The lowest BCUT2D eigenvalue weighted by Gasteiger charge is -2.00. The number of nitrogens with zero attached hydrogens (tertiary/aromatic N) is 1. The summed E-state index contributed by atoms with van der Waals surface area (Å²) in [5, 5.41) is 6.57. The second-order valence-corrected chi connectivity index (χ2v) is 1.47. The van der Waals surface area contributed by atoms with Gasteiger partial charge in [-0.15, -0.1) is 12.4 Å². The van der Waals surface area contributed by atoms with Crippen LogP contribution in [-0.2, 0) is 0 Å². The van der Waals surface area contributed by atoms with E-state index in [1.165, 1.54) is 6.21 Å². The van der Waals surface area contributed by atoms with Crippen LogP contribution in [0.5, 0.6) is 0 Å². The Bertz CT molecular complexity index is 45.0. The summed E-state index contributed by atoms with van der Waals surface area (Å²) >= 11 is 0. The lowest BCUT2D eigenvalue weighted by Crippen LogP contribution is -2.12. The largest absolute Gasteiger partial charge is 0.312 e. The highest BCUT2D eigenvalue weighted by Gasteiger charge is 1.76. The van der Waals surface area contributed by atoms with Crippen LogP contribution in [0.25, 0.3) is 0 Å². The molecule has 0 saturated carbocycles. The molecule has 0 aromatic carbocycles. The fourth-order valence-corrected chi connectivity index (χ4v) is 0.183. The molecule has 0 aliphatic heterocycles. The maximum absolute atomic E-state index is 6.57. The van der Waals surface area contributed by atoms with Crippen molar-refractivity contribution < 1.29 is 0 Å². The number of hydrogen-bond donors (Lipinski definition) is 1. The standard InChI is InChI=1S/C4H10N2.ClH/c1-6(2)4-3-5;/h3,5H,4H2,1-2H3;1H. The van der Waals surface area contributed by atoms with E-state index >= 15 is 0 Å². The molecule has 3 heteroatoms. The Morgan fingerprint density at radius 2 is 2.00 bits per heavy atom. The second-order valence-electron chi connectivity index (χ2n) is 1.47. The molecule has 0 atom stereocenters. The van der Waals surface area contributed by atoms with Crippen LogP contribution in [0.15, 0.2) is 0 Å². The Morgan fingerprint density at radius 3 is 2.00 bits per heavy atom. The number of nitrogens with one attached hydrogen (secondary N) is 1. The van der Waals surface area contributed by atoms with E-state index < -0.39 is 0 Å². The van der Waals surface area contributed by atoms with Crippen molar-refractivity contribution in [1.29, 1.82) is 5.41 Å². The third-order valence-electron chi connectivity index (χ3n) is 0.456. The van der Waals surface area contributed by atoms with Gasteiger partial charge >= 0.3 is 0 Å². The maximum Gasteiger partial charge on any atom is 0.0324 e. The molecule has 0 aliphatic carbocycles. The Morgan fingerprint density at radius 1 is 1.57 bits per heavy atom. The van der Waals surface area contributed by atoms with E-state index in [4.69, 9.17) is 5.41 Å². The van der Waals surface area contributed by atoms with Crippen LogP contribution in [0.2, 0.25) is 0 Å². The van der Waals surface area contributed by atoms with Crippen LogP contribution in [0.4, 0.5) is 0 Å². The maximum atomic E-state index is 6.57. The van der Waals surface area contributed by atoms with E-state index in [1.807, 2.05) is 19.0 Å². The number of rotatable bonds is 2. The molecule has 0 bridgehead atoms. The molecule has 1 N–H and O–H groups in total. The van der Waals surface area contributed by atoms with Gasteiger partial charge in [-0.1, -0.05) is 0 Å². The predicted molar refractivity (Wildman–Crippen MR) is 34.6 cm³/mol. The van der Waals surface area contributed by atoms with Crippen molar-refractivity contribution in [3.63, 3.8) is 0 Å². The molecule has 0 aliphatic rings. The quantitative estimate of drug-likeness (QED) is 0.535. The Balaban J connectivity index is 0. The summed E-state index contributed by atoms with van der Waals surface area (Å²) in [5.74, 6) is 0. The van der Waals surface area contributed by atoms with Crippen molar-refractivity contribution in [2.24, 2.45) is 0 Å². The third-order valence-corrected chi connectivity index (χ3v) is 0.456. The molecular weight excluding hydrogens is 112 g/mol. The van der Waals surface area contributed by atoms with Crippen molar-refractivity contribution >= 4 is 18.6 Å². The highest BCUT2D eigenvalue weighted by Crippen LogP contribution is 1.62. The third kappa shape index (κ3) is 10.7. The molecule has 0 unspecified atom stereocenters. The monoisotopic (exact) mass is 122 g/mol. The number of halogens is 1. The van der Waals surface area contributed by atoms with E-state index in [0.29, 0.717) is 0 Å². The number of hydrogen-bond acceptors (Lipinski definition) is 2. The molecule has 2 nitrogen and oxygen atoms in total. The predicted octanol–water partition coefficient (Wildman–Crippen LogP) is 0.619. The summed E-state index contributed by atoms with van der Waals surface area (Å²) in [4.78, 5) is 1.94. The molecule has 0 heterocycles. The van der Waals surface area contributed by atoms with Gasteiger partial charge in [0.25, 0.3) is 0 Å². The van der Waals surface area contributed by atoms with E-state index in [1.54, 1.807) is 0 Å². The minimum absolute atomic E-state index is 0. The van der Waals surface area contributed by atoms with Crippen molar-refractivity contribution in [3.8, 4) is 0 Å².